The predicted octanol–water partition coefficient (Wildman–Crippen LogP) is 0.770. The molecule has 0 aliphatic carbocycles. The molecule has 1 amide bonds. The molecule has 0 saturated heterocycles. The minimum Gasteiger partial charge on any atom is -0.497 e. The third kappa shape index (κ3) is 3.48. The summed E-state index contributed by atoms with van der Waals surface area (Å²) in [6.45, 7) is 2.33. The number of ether oxygens (including phenoxy) is 1. The van der Waals surface area contributed by atoms with Gasteiger partial charge in [0.15, 0.2) is 5.56 Å². The van der Waals surface area contributed by atoms with Crippen LogP contribution in [-0.4, -0.2) is 34.2 Å². The van der Waals surface area contributed by atoms with E-state index in [0.29, 0.717) is 12.3 Å². The number of hydrogen-bond donors (Lipinski definition) is 3. The first-order valence-electron chi connectivity index (χ1n) is 7.50. The van der Waals surface area contributed by atoms with Crippen molar-refractivity contribution < 1.29 is 14.6 Å². The number of hydrogen-bond acceptors (Lipinski definition) is 5. The van der Waals surface area contributed by atoms with E-state index in [1.54, 1.807) is 18.2 Å². The molecule has 0 fully saturated rings. The number of nitrogens with one attached hydrogen (secondary N) is 2. The number of methoxy groups -OCH3 is 1. The first-order chi connectivity index (χ1) is 11.5. The molecule has 0 unspecified atom stereocenters. The Morgan fingerprint density at radius 2 is 2.12 bits per heavy atom. The van der Waals surface area contributed by atoms with E-state index >= 15 is 0 Å². The molecule has 3 N–H and O–H groups in total. The van der Waals surface area contributed by atoms with Crippen LogP contribution < -0.4 is 21.3 Å². The summed E-state index contributed by atoms with van der Waals surface area (Å²) < 4.78 is 5.92. The van der Waals surface area contributed by atoms with E-state index in [0.717, 1.165) is 17.4 Å². The second-order valence-electron chi connectivity index (χ2n) is 5.10. The fourth-order valence-corrected chi connectivity index (χ4v) is 2.19. The molecule has 1 aromatic carbocycles. The molecule has 2 aromatic rings. The summed E-state index contributed by atoms with van der Waals surface area (Å²) in [4.78, 5) is 38.2. The lowest BCUT2D eigenvalue weighted by molar-refractivity contribution is 0.0947. The topological polar surface area (TPSA) is 113 Å². The summed E-state index contributed by atoms with van der Waals surface area (Å²) in [7, 11) is 1.46. The van der Waals surface area contributed by atoms with Gasteiger partial charge in [-0.2, -0.15) is 0 Å². The number of unbranched alkanes of at least 4 members (excludes halogenated alkanes) is 1. The number of aromatic amines is 1. The van der Waals surface area contributed by atoms with Gasteiger partial charge in [-0.25, -0.2) is 9.36 Å². The minimum absolute atomic E-state index is 0.260. The van der Waals surface area contributed by atoms with Gasteiger partial charge in [0.25, 0.3) is 11.5 Å². The Morgan fingerprint density at radius 1 is 1.38 bits per heavy atom. The lowest BCUT2D eigenvalue weighted by Crippen LogP contribution is -2.37. The van der Waals surface area contributed by atoms with E-state index < -0.39 is 28.6 Å². The summed E-state index contributed by atoms with van der Waals surface area (Å²) in [6.07, 6.45) is 1.60. The van der Waals surface area contributed by atoms with Gasteiger partial charge in [0, 0.05) is 12.6 Å². The first-order valence-corrected chi connectivity index (χ1v) is 7.50. The van der Waals surface area contributed by atoms with Gasteiger partial charge < -0.3 is 15.2 Å². The van der Waals surface area contributed by atoms with E-state index in [1.165, 1.54) is 13.2 Å². The van der Waals surface area contributed by atoms with Crippen LogP contribution in [0.2, 0.25) is 0 Å². The summed E-state index contributed by atoms with van der Waals surface area (Å²) in [6, 6.07) is 6.32. The third-order valence-electron chi connectivity index (χ3n) is 3.44. The molecule has 0 radical (unpaired) electrons. The number of amides is 1. The van der Waals surface area contributed by atoms with Crippen molar-refractivity contribution in [3.8, 4) is 17.3 Å². The maximum Gasteiger partial charge on any atom is 0.335 e. The zero-order valence-electron chi connectivity index (χ0n) is 13.5. The number of carbonyl (C=O) groups is 1. The quantitative estimate of drug-likeness (QED) is 0.676. The molecule has 8 heteroatoms. The highest BCUT2D eigenvalue weighted by Gasteiger charge is 2.21. The molecule has 0 aliphatic heterocycles. The lowest BCUT2D eigenvalue weighted by Gasteiger charge is -2.12. The Kier molecular flexibility index (Phi) is 5.41. The second-order valence-corrected chi connectivity index (χ2v) is 5.10. The fraction of sp³-hybridized carbons (Fsp3) is 0.312. The van der Waals surface area contributed by atoms with Crippen molar-refractivity contribution in [1.82, 2.24) is 14.9 Å². The maximum absolute atomic E-state index is 12.1. The molecule has 0 bridgehead atoms. The SMILES string of the molecule is CCCCNC(=O)c1c(O)n(-c2cccc(OC)c2)c(=O)[nH]c1=O. The van der Waals surface area contributed by atoms with Crippen molar-refractivity contribution in [3.63, 3.8) is 0 Å². The Bertz CT molecular complexity index is 854. The van der Waals surface area contributed by atoms with E-state index in [2.05, 4.69) is 5.32 Å². The van der Waals surface area contributed by atoms with Crippen LogP contribution >= 0.6 is 0 Å². The van der Waals surface area contributed by atoms with Crippen LogP contribution in [0.4, 0.5) is 0 Å². The van der Waals surface area contributed by atoms with Crippen LogP contribution in [0.5, 0.6) is 11.6 Å². The van der Waals surface area contributed by atoms with E-state index in [-0.39, 0.29) is 5.69 Å². The van der Waals surface area contributed by atoms with Gasteiger partial charge in [-0.05, 0) is 18.6 Å². The van der Waals surface area contributed by atoms with Crippen molar-refractivity contribution in [2.24, 2.45) is 0 Å². The summed E-state index contributed by atoms with van der Waals surface area (Å²) >= 11 is 0. The monoisotopic (exact) mass is 333 g/mol. The van der Waals surface area contributed by atoms with Crippen LogP contribution in [0.15, 0.2) is 33.9 Å². The average Bonchev–Trinajstić information content (AvgIpc) is 2.55. The van der Waals surface area contributed by atoms with E-state index in [9.17, 15) is 19.5 Å². The number of H-pyrrole nitrogens is 1. The number of aromatic nitrogens is 2. The second kappa shape index (κ2) is 7.49. The molecule has 0 atom stereocenters. The molecular weight excluding hydrogens is 314 g/mol. The highest BCUT2D eigenvalue weighted by Crippen LogP contribution is 2.20. The predicted molar refractivity (Wildman–Crippen MR) is 88.1 cm³/mol. The largest absolute Gasteiger partial charge is 0.497 e. The van der Waals surface area contributed by atoms with Gasteiger partial charge in [0.1, 0.15) is 5.75 Å². The van der Waals surface area contributed by atoms with Crippen LogP contribution in [0.25, 0.3) is 5.69 Å². The molecule has 0 spiro atoms. The lowest BCUT2D eigenvalue weighted by atomic mass is 10.2. The van der Waals surface area contributed by atoms with Crippen molar-refractivity contribution in [2.75, 3.05) is 13.7 Å². The zero-order chi connectivity index (χ0) is 17.7. The zero-order valence-corrected chi connectivity index (χ0v) is 13.5. The number of carbonyl (C=O) groups excluding carboxylic acids is 1. The van der Waals surface area contributed by atoms with Crippen molar-refractivity contribution >= 4 is 5.91 Å². The van der Waals surface area contributed by atoms with Gasteiger partial charge in [0.05, 0.1) is 12.8 Å². The highest BCUT2D eigenvalue weighted by atomic mass is 16.5. The fourth-order valence-electron chi connectivity index (χ4n) is 2.19. The van der Waals surface area contributed by atoms with Crippen LogP contribution in [0.3, 0.4) is 0 Å². The molecule has 1 heterocycles. The smallest absolute Gasteiger partial charge is 0.335 e. The number of rotatable bonds is 6. The number of nitrogens with zero attached hydrogens (tertiary/aromatic N) is 1. The van der Waals surface area contributed by atoms with Crippen molar-refractivity contribution in [2.45, 2.75) is 19.8 Å². The Labute approximate surface area is 137 Å². The Hall–Kier alpha value is -3.03. The maximum atomic E-state index is 12.1. The molecule has 2 rings (SSSR count). The minimum atomic E-state index is -0.939. The van der Waals surface area contributed by atoms with Gasteiger partial charge in [-0.15, -0.1) is 0 Å². The van der Waals surface area contributed by atoms with Crippen molar-refractivity contribution in [1.29, 1.82) is 0 Å². The Balaban J connectivity index is 2.54. The highest BCUT2D eigenvalue weighted by molar-refractivity contribution is 5.96. The van der Waals surface area contributed by atoms with Gasteiger partial charge >= 0.3 is 5.69 Å². The number of aromatic hydroxyl groups is 1. The first kappa shape index (κ1) is 17.3. The van der Waals surface area contributed by atoms with Gasteiger partial charge in [-0.3, -0.25) is 14.6 Å². The van der Waals surface area contributed by atoms with Crippen LogP contribution in [0, 0.1) is 0 Å². The molecule has 0 aliphatic rings. The number of benzene rings is 1. The average molecular weight is 333 g/mol. The van der Waals surface area contributed by atoms with Gasteiger partial charge in [-0.1, -0.05) is 19.4 Å². The molecule has 0 saturated carbocycles. The molecular formula is C16H19N3O5. The normalized spacial score (nSPS) is 10.4. The van der Waals surface area contributed by atoms with Crippen molar-refractivity contribution in [3.05, 3.63) is 50.7 Å². The third-order valence-corrected chi connectivity index (χ3v) is 3.44. The van der Waals surface area contributed by atoms with E-state index in [1.807, 2.05) is 11.9 Å². The molecule has 8 nitrogen and oxygen atoms in total. The molecule has 1 aromatic heterocycles. The van der Waals surface area contributed by atoms with Gasteiger partial charge in [0.2, 0.25) is 5.88 Å². The summed E-state index contributed by atoms with van der Waals surface area (Å²) in [5, 5.41) is 12.9. The van der Waals surface area contributed by atoms with Crippen LogP contribution in [-0.2, 0) is 0 Å². The molecule has 128 valence electrons. The molecule has 24 heavy (non-hydrogen) atoms. The Morgan fingerprint density at radius 3 is 2.79 bits per heavy atom. The summed E-state index contributed by atoms with van der Waals surface area (Å²) in [5.74, 6) is -0.996. The summed E-state index contributed by atoms with van der Waals surface area (Å²) in [5.41, 5.74) is -2.04. The standard InChI is InChI=1S/C16H19N3O5/c1-3-4-8-17-13(20)12-14(21)18-16(23)19(15(12)22)10-6-5-7-11(9-10)24-2/h5-7,9,22H,3-4,8H2,1-2H3,(H,17,20)(H,18,21,23). The van der Waals surface area contributed by atoms with E-state index in [4.69, 9.17) is 4.74 Å². The van der Waals surface area contributed by atoms with Crippen LogP contribution in [0.1, 0.15) is 30.1 Å².